The van der Waals surface area contributed by atoms with Crippen LogP contribution in [0.5, 0.6) is 11.5 Å². The predicted octanol–water partition coefficient (Wildman–Crippen LogP) is 4.12. The number of carbonyl (C=O) groups excluding carboxylic acids is 1. The maximum atomic E-state index is 13.2. The number of benzene rings is 1. The molecule has 0 radical (unpaired) electrons. The average Bonchev–Trinajstić information content (AvgIpc) is 3.81. The van der Waals surface area contributed by atoms with Crippen molar-refractivity contribution in [3.8, 4) is 11.5 Å². The van der Waals surface area contributed by atoms with Crippen LogP contribution in [0.15, 0.2) is 35.3 Å². The number of fused-ring (bicyclic) bond motifs is 1. The van der Waals surface area contributed by atoms with Gasteiger partial charge in [-0.15, -0.1) is 0 Å². The summed E-state index contributed by atoms with van der Waals surface area (Å²) in [4.78, 5) is 37.7. The molecular formula is C30H38N6O4. The molecule has 0 bridgehead atoms. The number of rotatable bonds is 9. The normalized spacial score (nSPS) is 17.2. The van der Waals surface area contributed by atoms with Crippen LogP contribution in [0.25, 0.3) is 17.1 Å². The molecule has 2 N–H and O–H groups in total. The minimum Gasteiger partial charge on any atom is -0.495 e. The lowest BCUT2D eigenvalue weighted by Gasteiger charge is -2.29. The number of likely N-dealkylation sites (tertiary alicyclic amines) is 1. The third-order valence-electron chi connectivity index (χ3n) is 7.82. The number of nitrogens with zero attached hydrogens (tertiary/aromatic N) is 4. The van der Waals surface area contributed by atoms with Gasteiger partial charge in [-0.2, -0.15) is 0 Å². The van der Waals surface area contributed by atoms with Gasteiger partial charge in [0.25, 0.3) is 11.5 Å². The van der Waals surface area contributed by atoms with Crippen LogP contribution >= 0.6 is 0 Å². The quantitative estimate of drug-likeness (QED) is 0.413. The smallest absolute Gasteiger partial charge is 0.293 e. The van der Waals surface area contributed by atoms with Crippen LogP contribution in [0.4, 0.5) is 11.6 Å². The molecule has 1 aromatic carbocycles. The zero-order chi connectivity index (χ0) is 28.4. The SMILES string of the molecule is CC=Cc1c(OC(C)C2CC2)c(=O)n(C)c2cnc(Nc3ccc(C(=O)NC4CCN(C)CC4)cc3OC)nc12. The topological polar surface area (TPSA) is 111 Å². The second-order valence-electron chi connectivity index (χ2n) is 10.8. The zero-order valence-corrected chi connectivity index (χ0v) is 23.9. The highest BCUT2D eigenvalue weighted by Gasteiger charge is 2.31. The monoisotopic (exact) mass is 546 g/mol. The molecule has 10 heteroatoms. The molecule has 3 heterocycles. The Labute approximate surface area is 234 Å². The van der Waals surface area contributed by atoms with Gasteiger partial charge < -0.3 is 29.6 Å². The minimum atomic E-state index is -0.215. The number of amides is 1. The van der Waals surface area contributed by atoms with Gasteiger partial charge in [0.2, 0.25) is 5.95 Å². The summed E-state index contributed by atoms with van der Waals surface area (Å²) >= 11 is 0. The van der Waals surface area contributed by atoms with E-state index in [-0.39, 0.29) is 23.6 Å². The van der Waals surface area contributed by atoms with Gasteiger partial charge >= 0.3 is 0 Å². The Kier molecular flexibility index (Phi) is 8.07. The Morgan fingerprint density at radius 3 is 2.60 bits per heavy atom. The molecular weight excluding hydrogens is 508 g/mol. The van der Waals surface area contributed by atoms with E-state index < -0.39 is 0 Å². The van der Waals surface area contributed by atoms with Gasteiger partial charge in [0.1, 0.15) is 11.3 Å². The highest BCUT2D eigenvalue weighted by Crippen LogP contribution is 2.36. The van der Waals surface area contributed by atoms with E-state index in [4.69, 9.17) is 14.5 Å². The van der Waals surface area contributed by atoms with E-state index in [9.17, 15) is 9.59 Å². The number of allylic oxidation sites excluding steroid dienone is 1. The number of aryl methyl sites for hydroxylation is 1. The van der Waals surface area contributed by atoms with Crippen LogP contribution in [0.1, 0.15) is 55.5 Å². The van der Waals surface area contributed by atoms with Crippen LogP contribution in [0.3, 0.4) is 0 Å². The number of carbonyl (C=O) groups is 1. The van der Waals surface area contributed by atoms with Gasteiger partial charge in [-0.05, 0) is 83.8 Å². The van der Waals surface area contributed by atoms with E-state index in [0.717, 1.165) is 38.8 Å². The lowest BCUT2D eigenvalue weighted by atomic mass is 10.0. The van der Waals surface area contributed by atoms with Crippen LogP contribution in [0, 0.1) is 5.92 Å². The van der Waals surface area contributed by atoms with E-state index >= 15 is 0 Å². The summed E-state index contributed by atoms with van der Waals surface area (Å²) in [5, 5.41) is 6.36. The highest BCUT2D eigenvalue weighted by atomic mass is 16.5. The van der Waals surface area contributed by atoms with Crippen molar-refractivity contribution in [2.24, 2.45) is 13.0 Å². The molecule has 1 aliphatic heterocycles. The third-order valence-corrected chi connectivity index (χ3v) is 7.82. The Morgan fingerprint density at radius 1 is 1.18 bits per heavy atom. The highest BCUT2D eigenvalue weighted by molar-refractivity contribution is 5.95. The number of pyridine rings is 1. The van der Waals surface area contributed by atoms with Gasteiger partial charge in [0.15, 0.2) is 5.75 Å². The van der Waals surface area contributed by atoms with Crippen LogP contribution in [-0.2, 0) is 7.05 Å². The average molecular weight is 547 g/mol. The summed E-state index contributed by atoms with van der Waals surface area (Å²) < 4.78 is 13.3. The summed E-state index contributed by atoms with van der Waals surface area (Å²) in [6, 6.07) is 5.43. The van der Waals surface area contributed by atoms with Gasteiger partial charge in [-0.3, -0.25) is 9.59 Å². The summed E-state index contributed by atoms with van der Waals surface area (Å²) in [5.41, 5.74) is 2.76. The summed E-state index contributed by atoms with van der Waals surface area (Å²) in [6.45, 7) is 5.85. The molecule has 2 aromatic heterocycles. The number of aromatic nitrogens is 3. The number of ether oxygens (including phenoxy) is 2. The molecule has 1 unspecified atom stereocenters. The first-order valence-corrected chi connectivity index (χ1v) is 13.9. The molecule has 1 saturated carbocycles. The van der Waals surface area contributed by atoms with E-state index in [1.165, 1.54) is 4.57 Å². The number of hydrogen-bond donors (Lipinski definition) is 2. The predicted molar refractivity (Wildman–Crippen MR) is 157 cm³/mol. The van der Waals surface area contributed by atoms with E-state index in [1.807, 2.05) is 26.0 Å². The second-order valence-corrected chi connectivity index (χ2v) is 10.8. The Balaban J connectivity index is 1.43. The minimum absolute atomic E-state index is 0.0481. The molecule has 10 nitrogen and oxygen atoms in total. The Hall–Kier alpha value is -3.92. The lowest BCUT2D eigenvalue weighted by Crippen LogP contribution is -2.43. The zero-order valence-electron chi connectivity index (χ0n) is 23.9. The van der Waals surface area contributed by atoms with Gasteiger partial charge in [-0.25, -0.2) is 9.97 Å². The Morgan fingerprint density at radius 2 is 1.93 bits per heavy atom. The van der Waals surface area contributed by atoms with Crippen molar-refractivity contribution >= 4 is 34.7 Å². The van der Waals surface area contributed by atoms with Crippen molar-refractivity contribution < 1.29 is 14.3 Å². The van der Waals surface area contributed by atoms with Gasteiger partial charge in [0, 0.05) is 18.7 Å². The molecule has 212 valence electrons. The van der Waals surface area contributed by atoms with Gasteiger partial charge in [-0.1, -0.05) is 12.2 Å². The molecule has 1 amide bonds. The van der Waals surface area contributed by atoms with Gasteiger partial charge in [0.05, 0.1) is 36.2 Å². The molecule has 2 fully saturated rings. The van der Waals surface area contributed by atoms with Crippen LogP contribution in [0.2, 0.25) is 0 Å². The van der Waals surface area contributed by atoms with Crippen LogP contribution in [-0.4, -0.2) is 64.7 Å². The first-order chi connectivity index (χ1) is 19.3. The number of piperidine rings is 1. The van der Waals surface area contributed by atoms with E-state index in [2.05, 4.69) is 27.6 Å². The fraction of sp³-hybridized carbons (Fsp3) is 0.467. The lowest BCUT2D eigenvalue weighted by molar-refractivity contribution is 0.0916. The summed E-state index contributed by atoms with van der Waals surface area (Å²) in [5.74, 6) is 1.49. The van der Waals surface area contributed by atoms with Crippen molar-refractivity contribution in [3.63, 3.8) is 0 Å². The van der Waals surface area contributed by atoms with Crippen LogP contribution < -0.4 is 25.7 Å². The third kappa shape index (κ3) is 5.82. The summed E-state index contributed by atoms with van der Waals surface area (Å²) in [7, 11) is 5.36. The Bertz CT molecular complexity index is 1490. The standard InChI is InChI=1S/C30H38N6O4/c1-6-7-22-26-24(36(4)29(38)27(22)40-18(2)19-8-9-19)17-31-30(34-26)33-23-11-10-20(16-25(23)39-5)28(37)32-21-12-14-35(3)15-13-21/h6-7,10-11,16-19,21H,8-9,12-15H2,1-5H3,(H,32,37)(H,31,33,34). The van der Waals surface area contributed by atoms with E-state index in [1.54, 1.807) is 38.6 Å². The first kappa shape index (κ1) is 27.6. The number of hydrogen-bond acceptors (Lipinski definition) is 8. The van der Waals surface area contributed by atoms with Crippen molar-refractivity contribution in [2.75, 3.05) is 32.6 Å². The summed E-state index contributed by atoms with van der Waals surface area (Å²) in [6.07, 6.45) is 9.41. The number of nitrogens with one attached hydrogen (secondary N) is 2. The fourth-order valence-electron chi connectivity index (χ4n) is 5.12. The van der Waals surface area contributed by atoms with Crippen molar-refractivity contribution in [3.05, 3.63) is 52.0 Å². The molecule has 1 aliphatic carbocycles. The number of methoxy groups -OCH3 is 1. The maximum Gasteiger partial charge on any atom is 0.293 e. The molecule has 0 spiro atoms. The van der Waals surface area contributed by atoms with Crippen molar-refractivity contribution in [2.45, 2.75) is 51.7 Å². The molecule has 40 heavy (non-hydrogen) atoms. The molecule has 5 rings (SSSR count). The van der Waals surface area contributed by atoms with Crippen molar-refractivity contribution in [1.29, 1.82) is 0 Å². The van der Waals surface area contributed by atoms with E-state index in [0.29, 0.717) is 51.2 Å². The molecule has 2 aliphatic rings. The first-order valence-electron chi connectivity index (χ1n) is 13.9. The molecule has 1 atom stereocenters. The second kappa shape index (κ2) is 11.7. The number of anilines is 2. The van der Waals surface area contributed by atoms with Crippen molar-refractivity contribution in [1.82, 2.24) is 24.8 Å². The molecule has 1 saturated heterocycles. The fourth-order valence-corrected chi connectivity index (χ4v) is 5.12. The maximum absolute atomic E-state index is 13.2. The molecule has 3 aromatic rings. The largest absolute Gasteiger partial charge is 0.495 e.